The predicted octanol–water partition coefficient (Wildman–Crippen LogP) is 0.939. The van der Waals surface area contributed by atoms with Gasteiger partial charge in [0.25, 0.3) is 0 Å². The second kappa shape index (κ2) is 3.85. The number of hydrogen-bond donors (Lipinski definition) is 1. The molecule has 0 aliphatic heterocycles. The van der Waals surface area contributed by atoms with Gasteiger partial charge < -0.3 is 5.32 Å². The number of aromatic nitrogens is 3. The van der Waals surface area contributed by atoms with Gasteiger partial charge in [-0.15, -0.1) is 5.10 Å². The number of anilines is 1. The Morgan fingerprint density at radius 3 is 2.82 bits per heavy atom. The minimum Gasteiger partial charge on any atom is -0.353 e. The lowest BCUT2D eigenvalue weighted by Crippen LogP contribution is -2.10. The third-order valence-corrected chi connectivity index (χ3v) is 1.15. The number of rotatable bonds is 3. The van der Waals surface area contributed by atoms with Crippen LogP contribution in [0.1, 0.15) is 13.8 Å². The molecule has 0 aromatic carbocycles. The Balaban J connectivity index is 2.39. The van der Waals surface area contributed by atoms with Crippen molar-refractivity contribution in [1.82, 2.24) is 15.2 Å². The summed E-state index contributed by atoms with van der Waals surface area (Å²) in [4.78, 5) is 3.97. The van der Waals surface area contributed by atoms with Crippen LogP contribution in [0.15, 0.2) is 12.4 Å². The van der Waals surface area contributed by atoms with Crippen LogP contribution in [-0.4, -0.2) is 21.7 Å². The molecule has 1 aromatic rings. The smallest absolute Gasteiger partial charge is 0.242 e. The van der Waals surface area contributed by atoms with Crippen molar-refractivity contribution < 1.29 is 0 Å². The van der Waals surface area contributed by atoms with E-state index in [0.717, 1.165) is 6.54 Å². The van der Waals surface area contributed by atoms with E-state index in [0.29, 0.717) is 11.9 Å². The highest BCUT2D eigenvalue weighted by atomic mass is 15.2. The third-order valence-electron chi connectivity index (χ3n) is 1.15. The van der Waals surface area contributed by atoms with Crippen molar-refractivity contribution in [3.05, 3.63) is 12.4 Å². The molecule has 0 fully saturated rings. The van der Waals surface area contributed by atoms with Gasteiger partial charge in [-0.25, -0.2) is 4.98 Å². The Morgan fingerprint density at radius 1 is 1.45 bits per heavy atom. The van der Waals surface area contributed by atoms with Crippen LogP contribution >= 0.6 is 0 Å². The van der Waals surface area contributed by atoms with Gasteiger partial charge >= 0.3 is 0 Å². The molecule has 1 aromatic heterocycles. The van der Waals surface area contributed by atoms with Crippen LogP contribution in [-0.2, 0) is 0 Å². The van der Waals surface area contributed by atoms with Crippen LogP contribution in [0.3, 0.4) is 0 Å². The van der Waals surface area contributed by atoms with Crippen LogP contribution in [0.25, 0.3) is 0 Å². The maximum atomic E-state index is 3.97. The number of nitrogens with one attached hydrogen (secondary N) is 1. The zero-order valence-electron chi connectivity index (χ0n) is 6.78. The first-order valence-corrected chi connectivity index (χ1v) is 3.66. The molecule has 0 amide bonds. The van der Waals surface area contributed by atoms with Gasteiger partial charge in [0.05, 0.1) is 12.4 Å². The first kappa shape index (κ1) is 7.91. The van der Waals surface area contributed by atoms with E-state index >= 15 is 0 Å². The normalized spacial score (nSPS) is 10.1. The summed E-state index contributed by atoms with van der Waals surface area (Å²) in [5.41, 5.74) is 0. The Hall–Kier alpha value is -1.19. The van der Waals surface area contributed by atoms with Crippen LogP contribution in [0.5, 0.6) is 0 Å². The summed E-state index contributed by atoms with van der Waals surface area (Å²) in [6.45, 7) is 5.14. The Morgan fingerprint density at radius 2 is 2.27 bits per heavy atom. The molecule has 0 spiro atoms. The summed E-state index contributed by atoms with van der Waals surface area (Å²) in [6, 6.07) is 0. The lowest BCUT2D eigenvalue weighted by Gasteiger charge is -2.04. The third kappa shape index (κ3) is 2.93. The number of hydrogen-bond acceptors (Lipinski definition) is 4. The van der Waals surface area contributed by atoms with Crippen LogP contribution < -0.4 is 5.32 Å². The van der Waals surface area contributed by atoms with Gasteiger partial charge in [0.2, 0.25) is 5.95 Å². The van der Waals surface area contributed by atoms with E-state index < -0.39 is 0 Å². The maximum absolute atomic E-state index is 3.97. The molecule has 60 valence electrons. The average Bonchev–Trinajstić information content (AvgIpc) is 2.03. The lowest BCUT2D eigenvalue weighted by atomic mass is 10.2. The molecule has 1 rings (SSSR count). The lowest BCUT2D eigenvalue weighted by molar-refractivity contribution is 0.682. The summed E-state index contributed by atoms with van der Waals surface area (Å²) in [6.07, 6.45) is 3.18. The second-order valence-corrected chi connectivity index (χ2v) is 2.74. The van der Waals surface area contributed by atoms with Crippen molar-refractivity contribution >= 4 is 5.95 Å². The van der Waals surface area contributed by atoms with Gasteiger partial charge in [0, 0.05) is 6.54 Å². The van der Waals surface area contributed by atoms with E-state index in [1.807, 2.05) is 0 Å². The Kier molecular flexibility index (Phi) is 2.77. The molecule has 0 atom stereocenters. The van der Waals surface area contributed by atoms with E-state index in [1.54, 1.807) is 12.4 Å². The van der Waals surface area contributed by atoms with Crippen molar-refractivity contribution in [3.8, 4) is 0 Å². The minimum atomic E-state index is 0.596. The highest BCUT2D eigenvalue weighted by Gasteiger charge is 1.95. The fraction of sp³-hybridized carbons (Fsp3) is 0.571. The highest BCUT2D eigenvalue weighted by Crippen LogP contribution is 1.95. The summed E-state index contributed by atoms with van der Waals surface area (Å²) in [5.74, 6) is 1.19. The van der Waals surface area contributed by atoms with Gasteiger partial charge in [0.1, 0.15) is 0 Å². The van der Waals surface area contributed by atoms with Crippen molar-refractivity contribution in [1.29, 1.82) is 0 Å². The topological polar surface area (TPSA) is 50.7 Å². The summed E-state index contributed by atoms with van der Waals surface area (Å²) in [7, 11) is 0. The molecule has 11 heavy (non-hydrogen) atoms. The van der Waals surface area contributed by atoms with Crippen molar-refractivity contribution in [2.24, 2.45) is 5.92 Å². The monoisotopic (exact) mass is 152 g/mol. The zero-order chi connectivity index (χ0) is 8.10. The molecule has 0 unspecified atom stereocenters. The van der Waals surface area contributed by atoms with Gasteiger partial charge in [0.15, 0.2) is 0 Å². The molecule has 0 radical (unpaired) electrons. The molecule has 4 nitrogen and oxygen atoms in total. The van der Waals surface area contributed by atoms with Crippen LogP contribution in [0.2, 0.25) is 0 Å². The first-order chi connectivity index (χ1) is 5.29. The summed E-state index contributed by atoms with van der Waals surface area (Å²) in [5, 5.41) is 10.5. The van der Waals surface area contributed by atoms with Gasteiger partial charge in [-0.05, 0) is 5.92 Å². The van der Waals surface area contributed by atoms with Crippen molar-refractivity contribution in [2.75, 3.05) is 11.9 Å². The molecule has 0 bridgehead atoms. The van der Waals surface area contributed by atoms with E-state index in [4.69, 9.17) is 0 Å². The molecule has 0 aliphatic carbocycles. The largest absolute Gasteiger partial charge is 0.353 e. The predicted molar refractivity (Wildman–Crippen MR) is 43.2 cm³/mol. The fourth-order valence-electron chi connectivity index (χ4n) is 0.624. The maximum Gasteiger partial charge on any atom is 0.242 e. The van der Waals surface area contributed by atoms with E-state index in [1.165, 1.54) is 0 Å². The van der Waals surface area contributed by atoms with E-state index in [-0.39, 0.29) is 0 Å². The van der Waals surface area contributed by atoms with Gasteiger partial charge in [-0.2, -0.15) is 5.10 Å². The van der Waals surface area contributed by atoms with Crippen molar-refractivity contribution in [3.63, 3.8) is 0 Å². The molecule has 0 saturated carbocycles. The molecule has 0 aliphatic rings. The van der Waals surface area contributed by atoms with Gasteiger partial charge in [-0.3, -0.25) is 0 Å². The molecular formula is C7H12N4. The fourth-order valence-corrected chi connectivity index (χ4v) is 0.624. The van der Waals surface area contributed by atoms with E-state index in [2.05, 4.69) is 34.3 Å². The first-order valence-electron chi connectivity index (χ1n) is 3.66. The van der Waals surface area contributed by atoms with E-state index in [9.17, 15) is 0 Å². The quantitative estimate of drug-likeness (QED) is 0.700. The van der Waals surface area contributed by atoms with Crippen LogP contribution in [0, 0.1) is 5.92 Å². The van der Waals surface area contributed by atoms with Crippen LogP contribution in [0.4, 0.5) is 5.95 Å². The molecular weight excluding hydrogens is 140 g/mol. The minimum absolute atomic E-state index is 0.596. The SMILES string of the molecule is CC(C)CNc1nccnn1. The average molecular weight is 152 g/mol. The molecule has 1 heterocycles. The summed E-state index contributed by atoms with van der Waals surface area (Å²) < 4.78 is 0. The summed E-state index contributed by atoms with van der Waals surface area (Å²) >= 11 is 0. The van der Waals surface area contributed by atoms with Crippen molar-refractivity contribution in [2.45, 2.75) is 13.8 Å². The Labute approximate surface area is 66.1 Å². The molecule has 4 heteroatoms. The zero-order valence-corrected chi connectivity index (χ0v) is 6.78. The molecule has 0 saturated heterocycles. The Bertz CT molecular complexity index is 197. The number of nitrogens with zero attached hydrogens (tertiary/aromatic N) is 3. The highest BCUT2D eigenvalue weighted by molar-refractivity contribution is 5.19. The van der Waals surface area contributed by atoms with Gasteiger partial charge in [-0.1, -0.05) is 13.8 Å². The second-order valence-electron chi connectivity index (χ2n) is 2.74. The molecule has 1 N–H and O–H groups in total. The standard InChI is InChI=1S/C7H12N4/c1-6(2)5-9-7-8-3-4-10-11-7/h3-4,6H,5H2,1-2H3,(H,8,9,11).